The molecule has 0 aliphatic rings. The lowest BCUT2D eigenvalue weighted by atomic mass is 9.84. The van der Waals surface area contributed by atoms with Gasteiger partial charge < -0.3 is 27.5 Å². The number of hydrogen-bond donors (Lipinski definition) is 1. The predicted molar refractivity (Wildman–Crippen MR) is 235 cm³/mol. The second-order valence-electron chi connectivity index (χ2n) is 16.2. The van der Waals surface area contributed by atoms with E-state index in [1.807, 2.05) is 51.1 Å². The fraction of sp³-hybridized carbons (Fsp3) is 0.375. The Hall–Kier alpha value is -4.08. The third kappa shape index (κ3) is 9.71. The molecule has 0 aliphatic carbocycles. The average Bonchev–Trinajstić information content (AvgIpc) is 3.10. The summed E-state index contributed by atoms with van der Waals surface area (Å²) in [5, 5.41) is 0. The Labute approximate surface area is 338 Å². The largest absolute Gasteiger partial charge is 0.530 e. The summed E-state index contributed by atoms with van der Waals surface area (Å²) in [6, 6.07) is 22.7. The maximum Gasteiger partial charge on any atom is 0.530 e. The fourth-order valence-electron chi connectivity index (χ4n) is 6.97. The van der Waals surface area contributed by atoms with Crippen molar-refractivity contribution in [3.05, 3.63) is 133 Å². The molecule has 0 saturated heterocycles. The topological polar surface area (TPSA) is 66.4 Å². The Bertz CT molecular complexity index is 2210. The zero-order valence-corrected chi connectivity index (χ0v) is 37.8. The van der Waals surface area contributed by atoms with Crippen molar-refractivity contribution in [2.75, 3.05) is 0 Å². The molecule has 0 heterocycles. The summed E-state index contributed by atoms with van der Waals surface area (Å²) in [5.74, 6) is 3.66. The lowest BCUT2D eigenvalue weighted by Gasteiger charge is -2.29. The van der Waals surface area contributed by atoms with Crippen molar-refractivity contribution in [2.24, 2.45) is 0 Å². The molecular weight excluding hydrogens is 734 g/mol. The van der Waals surface area contributed by atoms with Gasteiger partial charge in [-0.15, -0.1) is 0 Å². The van der Waals surface area contributed by atoms with Crippen molar-refractivity contribution in [2.45, 2.75) is 122 Å². The van der Waals surface area contributed by atoms with Gasteiger partial charge in [-0.2, -0.15) is 0 Å². The Morgan fingerprint density at radius 1 is 0.411 bits per heavy atom. The van der Waals surface area contributed by atoms with Crippen LogP contribution in [-0.2, 0) is 0 Å². The highest BCUT2D eigenvalue weighted by Gasteiger charge is 2.32. The molecule has 2 atom stereocenters. The third-order valence-electron chi connectivity index (χ3n) is 10.5. The monoisotopic (exact) mass is 794 g/mol. The zero-order chi connectivity index (χ0) is 41.2. The summed E-state index contributed by atoms with van der Waals surface area (Å²) in [4.78, 5) is 11.6. The third-order valence-corrected chi connectivity index (χ3v) is 12.2. The van der Waals surface area contributed by atoms with E-state index in [0.29, 0.717) is 23.0 Å². The Morgan fingerprint density at radius 2 is 0.821 bits per heavy atom. The van der Waals surface area contributed by atoms with Crippen molar-refractivity contribution in [3.63, 3.8) is 0 Å². The van der Waals surface area contributed by atoms with Crippen molar-refractivity contribution in [1.82, 2.24) is 0 Å². The zero-order valence-electron chi connectivity index (χ0n) is 36.0. The minimum atomic E-state index is -2.36. The van der Waals surface area contributed by atoms with E-state index in [0.717, 1.165) is 83.6 Å². The molecule has 0 amide bonds. The van der Waals surface area contributed by atoms with Gasteiger partial charge in [-0.25, -0.2) is 0 Å². The van der Waals surface area contributed by atoms with E-state index < -0.39 is 17.2 Å². The van der Waals surface area contributed by atoms with Crippen LogP contribution < -0.4 is 22.6 Å². The predicted octanol–water partition coefficient (Wildman–Crippen LogP) is 14.9. The molecule has 2 unspecified atom stereocenters. The van der Waals surface area contributed by atoms with Gasteiger partial charge in [-0.05, 0) is 154 Å². The molecule has 0 radical (unpaired) electrons. The van der Waals surface area contributed by atoms with Gasteiger partial charge >= 0.3 is 17.2 Å². The molecule has 298 valence electrons. The summed E-state index contributed by atoms with van der Waals surface area (Å²) in [6.45, 7) is 31.7. The highest BCUT2D eigenvalue weighted by Crippen LogP contribution is 2.55. The average molecular weight is 795 g/mol. The van der Waals surface area contributed by atoms with Crippen LogP contribution in [0.15, 0.2) is 66.7 Å². The molecule has 0 saturated carbocycles. The summed E-state index contributed by atoms with van der Waals surface area (Å²) < 4.78 is 33.7. The minimum Gasteiger partial charge on any atom is -0.418 e. The van der Waals surface area contributed by atoms with Crippen molar-refractivity contribution >= 4 is 17.2 Å². The van der Waals surface area contributed by atoms with E-state index in [1.165, 1.54) is 0 Å². The molecule has 5 aromatic rings. The highest BCUT2D eigenvalue weighted by molar-refractivity contribution is 7.43. The molecule has 5 aromatic carbocycles. The maximum atomic E-state index is 11.6. The lowest BCUT2D eigenvalue weighted by Crippen LogP contribution is -2.10. The van der Waals surface area contributed by atoms with Gasteiger partial charge in [0.05, 0.1) is 0 Å². The SMILES string of the molecule is Cc1ccc(OP(O)Oc2c(C(C)C)cc(C)c(C)c2-c2c(C)c(C)cc(C(C)C)c2OP(Oc2ccc(C)cc2C)Oc2cc(C)ccc2C(C)C)c(C)c1. The summed E-state index contributed by atoms with van der Waals surface area (Å²) in [7, 11) is -4.42. The molecule has 6 nitrogen and oxygen atoms in total. The number of aryl methyl sites for hydroxylation is 7. The number of rotatable bonds is 14. The first-order valence-electron chi connectivity index (χ1n) is 19.6. The molecule has 5 rings (SSSR count). The van der Waals surface area contributed by atoms with E-state index in [-0.39, 0.29) is 17.8 Å². The van der Waals surface area contributed by atoms with E-state index >= 15 is 0 Å². The minimum absolute atomic E-state index is 0.0793. The fourth-order valence-corrected chi connectivity index (χ4v) is 8.87. The van der Waals surface area contributed by atoms with Gasteiger partial charge in [-0.1, -0.05) is 101 Å². The van der Waals surface area contributed by atoms with Crippen LogP contribution in [0.2, 0.25) is 0 Å². The van der Waals surface area contributed by atoms with E-state index in [2.05, 4.69) is 119 Å². The van der Waals surface area contributed by atoms with Crippen LogP contribution in [0.5, 0.6) is 28.7 Å². The second-order valence-corrected chi connectivity index (χ2v) is 18.0. The molecule has 0 fully saturated rings. The van der Waals surface area contributed by atoms with Gasteiger partial charge in [0.25, 0.3) is 0 Å². The molecule has 0 aliphatic heterocycles. The number of benzene rings is 5. The lowest BCUT2D eigenvalue weighted by molar-refractivity contribution is 0.376. The maximum absolute atomic E-state index is 11.6. The van der Waals surface area contributed by atoms with E-state index in [9.17, 15) is 4.89 Å². The smallest absolute Gasteiger partial charge is 0.418 e. The first-order valence-corrected chi connectivity index (χ1v) is 21.8. The second kappa shape index (κ2) is 18.0. The molecule has 0 bridgehead atoms. The van der Waals surface area contributed by atoms with Crippen LogP contribution in [0.3, 0.4) is 0 Å². The molecular formula is C48H60O6P2. The molecule has 0 spiro atoms. The molecule has 56 heavy (non-hydrogen) atoms. The van der Waals surface area contributed by atoms with Crippen LogP contribution >= 0.6 is 17.2 Å². The van der Waals surface area contributed by atoms with Crippen LogP contribution in [0.25, 0.3) is 11.1 Å². The Morgan fingerprint density at radius 3 is 1.29 bits per heavy atom. The van der Waals surface area contributed by atoms with Crippen molar-refractivity contribution < 1.29 is 27.5 Å². The standard InChI is InChI=1S/C48H60O6P2/c1-27(2)39-19-16-32(9)24-44(39)52-56(51-43-21-18-31(8)23-36(43)13)54-48-41(29(5)6)26-34(11)38(15)46(48)45-37(14)33(10)25-40(28(3)4)47(45)53-55(49)50-42-20-17-30(7)22-35(42)12/h16-29,49H,1-15H3. The van der Waals surface area contributed by atoms with E-state index in [1.54, 1.807) is 0 Å². The van der Waals surface area contributed by atoms with Gasteiger partial charge in [-0.3, -0.25) is 0 Å². The summed E-state index contributed by atoms with van der Waals surface area (Å²) in [5.41, 5.74) is 14.4. The van der Waals surface area contributed by atoms with Crippen LogP contribution in [0.1, 0.15) is 126 Å². The quantitative estimate of drug-likeness (QED) is 0.113. The van der Waals surface area contributed by atoms with Gasteiger partial charge in [0.1, 0.15) is 28.7 Å². The Balaban J connectivity index is 1.76. The first-order chi connectivity index (χ1) is 26.4. The van der Waals surface area contributed by atoms with Gasteiger partial charge in [0, 0.05) is 11.1 Å². The summed E-state index contributed by atoms with van der Waals surface area (Å²) in [6.07, 6.45) is 0. The normalized spacial score (nSPS) is 12.6. The van der Waals surface area contributed by atoms with Crippen LogP contribution in [0, 0.1) is 62.3 Å². The van der Waals surface area contributed by atoms with Crippen molar-refractivity contribution in [3.8, 4) is 39.9 Å². The Kier molecular flexibility index (Phi) is 13.9. The van der Waals surface area contributed by atoms with E-state index in [4.69, 9.17) is 22.6 Å². The van der Waals surface area contributed by atoms with Gasteiger partial charge in [0.2, 0.25) is 0 Å². The molecule has 1 N–H and O–H groups in total. The molecule has 0 aromatic heterocycles. The van der Waals surface area contributed by atoms with Crippen LogP contribution in [-0.4, -0.2) is 4.89 Å². The molecule has 8 heteroatoms. The highest BCUT2D eigenvalue weighted by atomic mass is 31.2. The van der Waals surface area contributed by atoms with Crippen LogP contribution in [0.4, 0.5) is 0 Å². The van der Waals surface area contributed by atoms with Crippen molar-refractivity contribution in [1.29, 1.82) is 0 Å². The number of hydrogen-bond acceptors (Lipinski definition) is 6. The first kappa shape index (κ1) is 43.1. The van der Waals surface area contributed by atoms with Gasteiger partial charge in [0.15, 0.2) is 0 Å². The summed E-state index contributed by atoms with van der Waals surface area (Å²) >= 11 is 0.